The van der Waals surface area contributed by atoms with Gasteiger partial charge in [0.25, 0.3) is 5.91 Å². The number of hydrogen-bond acceptors (Lipinski definition) is 7. The number of amides is 1. The molecule has 4 rings (SSSR count). The summed E-state index contributed by atoms with van der Waals surface area (Å²) in [6.07, 6.45) is 3.39. The van der Waals surface area contributed by atoms with Gasteiger partial charge >= 0.3 is 0 Å². The Morgan fingerprint density at radius 2 is 1.93 bits per heavy atom. The Kier molecular flexibility index (Phi) is 5.97. The van der Waals surface area contributed by atoms with Gasteiger partial charge in [0.15, 0.2) is 10.9 Å². The predicted octanol–water partition coefficient (Wildman–Crippen LogP) is 3.65. The first-order chi connectivity index (χ1) is 14.2. The number of thiophene rings is 1. The molecule has 146 valence electrons. The van der Waals surface area contributed by atoms with Gasteiger partial charge in [-0.1, -0.05) is 40.7 Å². The van der Waals surface area contributed by atoms with E-state index in [0.29, 0.717) is 28.8 Å². The molecular weight excluding hydrogens is 404 g/mol. The molecule has 0 aliphatic carbocycles. The Balaban J connectivity index is 1.60. The molecule has 0 saturated carbocycles. The molecule has 9 heteroatoms. The molecular formula is C20H18N6OS2. The van der Waals surface area contributed by atoms with Gasteiger partial charge in [0.2, 0.25) is 0 Å². The summed E-state index contributed by atoms with van der Waals surface area (Å²) in [5.41, 5.74) is 3.02. The molecule has 0 fully saturated rings. The van der Waals surface area contributed by atoms with Crippen molar-refractivity contribution in [2.75, 3.05) is 0 Å². The summed E-state index contributed by atoms with van der Waals surface area (Å²) in [6.45, 7) is 2.49. The number of nitrogens with one attached hydrogen (secondary N) is 1. The molecule has 0 aliphatic heterocycles. The summed E-state index contributed by atoms with van der Waals surface area (Å²) in [7, 11) is 0. The molecule has 0 aliphatic rings. The highest BCUT2D eigenvalue weighted by molar-refractivity contribution is 7.98. The average Bonchev–Trinajstić information content (AvgIpc) is 3.42. The molecule has 1 N–H and O–H groups in total. The molecule has 29 heavy (non-hydrogen) atoms. The summed E-state index contributed by atoms with van der Waals surface area (Å²) in [6, 6.07) is 13.6. The van der Waals surface area contributed by atoms with E-state index in [1.54, 1.807) is 34.5 Å². The summed E-state index contributed by atoms with van der Waals surface area (Å²) in [5, 5.41) is 14.0. The van der Waals surface area contributed by atoms with Crippen LogP contribution in [0, 0.1) is 6.92 Å². The first-order valence-electron chi connectivity index (χ1n) is 8.93. The van der Waals surface area contributed by atoms with Crippen molar-refractivity contribution in [3.8, 4) is 5.69 Å². The maximum absolute atomic E-state index is 12.8. The molecule has 1 aromatic carbocycles. The van der Waals surface area contributed by atoms with Crippen molar-refractivity contribution in [3.05, 3.63) is 82.1 Å². The monoisotopic (exact) mass is 422 g/mol. The molecule has 0 radical (unpaired) electrons. The Hall–Kier alpha value is -3.04. The largest absolute Gasteiger partial charge is 0.346 e. The van der Waals surface area contributed by atoms with E-state index in [4.69, 9.17) is 0 Å². The van der Waals surface area contributed by atoms with Crippen LogP contribution in [0.3, 0.4) is 0 Å². The quantitative estimate of drug-likeness (QED) is 0.361. The topological polar surface area (TPSA) is 85.6 Å². The molecule has 7 nitrogen and oxygen atoms in total. The van der Waals surface area contributed by atoms with Crippen molar-refractivity contribution in [1.82, 2.24) is 30.3 Å². The third-order valence-corrected chi connectivity index (χ3v) is 5.90. The van der Waals surface area contributed by atoms with E-state index in [1.165, 1.54) is 11.8 Å². The highest BCUT2D eigenvalue weighted by atomic mass is 32.2. The minimum absolute atomic E-state index is 0.249. The summed E-state index contributed by atoms with van der Waals surface area (Å²) < 4.78 is 1.70. The zero-order valence-corrected chi connectivity index (χ0v) is 17.3. The van der Waals surface area contributed by atoms with Crippen molar-refractivity contribution in [3.63, 3.8) is 0 Å². The van der Waals surface area contributed by atoms with E-state index in [9.17, 15) is 4.79 Å². The molecule has 1 amide bonds. The Labute approximate surface area is 176 Å². The average molecular weight is 423 g/mol. The van der Waals surface area contributed by atoms with Crippen LogP contribution in [0.25, 0.3) is 5.69 Å². The number of carbonyl (C=O) groups is 1. The first-order valence-corrected chi connectivity index (χ1v) is 10.8. The van der Waals surface area contributed by atoms with Gasteiger partial charge in [-0.25, -0.2) is 14.6 Å². The van der Waals surface area contributed by atoms with Gasteiger partial charge in [-0.2, -0.15) is 0 Å². The number of thioether (sulfide) groups is 1. The van der Waals surface area contributed by atoms with E-state index in [1.807, 2.05) is 48.7 Å². The number of nitrogens with zero attached hydrogens (tertiary/aromatic N) is 5. The Morgan fingerprint density at radius 1 is 1.14 bits per heavy atom. The van der Waals surface area contributed by atoms with Crippen LogP contribution in [-0.2, 0) is 12.3 Å². The highest BCUT2D eigenvalue weighted by Crippen LogP contribution is 2.23. The Morgan fingerprint density at radius 3 is 2.66 bits per heavy atom. The summed E-state index contributed by atoms with van der Waals surface area (Å²) in [5.74, 6) is 0.216. The normalized spacial score (nSPS) is 10.8. The van der Waals surface area contributed by atoms with Crippen LogP contribution in [0.15, 0.2) is 65.4 Å². The van der Waals surface area contributed by atoms with Crippen molar-refractivity contribution in [1.29, 1.82) is 0 Å². The summed E-state index contributed by atoms with van der Waals surface area (Å²) >= 11 is 3.04. The van der Waals surface area contributed by atoms with Gasteiger partial charge in [0, 0.05) is 23.0 Å². The van der Waals surface area contributed by atoms with Crippen LogP contribution in [0.5, 0.6) is 0 Å². The van der Waals surface area contributed by atoms with E-state index >= 15 is 0 Å². The lowest BCUT2D eigenvalue weighted by Crippen LogP contribution is -2.24. The van der Waals surface area contributed by atoms with E-state index < -0.39 is 0 Å². The van der Waals surface area contributed by atoms with Gasteiger partial charge in [-0.15, -0.1) is 16.4 Å². The molecule has 0 atom stereocenters. The lowest BCUT2D eigenvalue weighted by atomic mass is 10.2. The van der Waals surface area contributed by atoms with Gasteiger partial charge in [0.05, 0.1) is 17.9 Å². The predicted molar refractivity (Wildman–Crippen MR) is 113 cm³/mol. The second-order valence-electron chi connectivity index (χ2n) is 6.21. The molecule has 0 bridgehead atoms. The molecule has 3 aromatic heterocycles. The third kappa shape index (κ3) is 4.69. The number of hydrogen-bond donors (Lipinski definition) is 1. The molecule has 0 saturated heterocycles. The zero-order chi connectivity index (χ0) is 20.1. The van der Waals surface area contributed by atoms with Crippen LogP contribution >= 0.6 is 23.1 Å². The second kappa shape index (κ2) is 8.97. The third-order valence-electron chi connectivity index (χ3n) is 4.14. The molecule has 0 spiro atoms. The van der Waals surface area contributed by atoms with Crippen LogP contribution < -0.4 is 5.32 Å². The number of carbonyl (C=O) groups excluding carboxylic acids is 1. The van der Waals surface area contributed by atoms with Crippen LogP contribution in [-0.4, -0.2) is 30.9 Å². The van der Waals surface area contributed by atoms with E-state index in [-0.39, 0.29) is 5.91 Å². The summed E-state index contributed by atoms with van der Waals surface area (Å²) in [4.78, 5) is 22.4. The fourth-order valence-electron chi connectivity index (χ4n) is 2.66. The molecule has 0 unspecified atom stereocenters. The lowest BCUT2D eigenvalue weighted by Gasteiger charge is -2.08. The van der Waals surface area contributed by atoms with Crippen molar-refractivity contribution < 1.29 is 4.79 Å². The minimum Gasteiger partial charge on any atom is -0.346 e. The van der Waals surface area contributed by atoms with Gasteiger partial charge < -0.3 is 5.32 Å². The van der Waals surface area contributed by atoms with Crippen LogP contribution in [0.4, 0.5) is 0 Å². The van der Waals surface area contributed by atoms with Crippen molar-refractivity contribution in [2.24, 2.45) is 0 Å². The van der Waals surface area contributed by atoms with Gasteiger partial charge in [0.1, 0.15) is 0 Å². The highest BCUT2D eigenvalue weighted by Gasteiger charge is 2.21. The number of rotatable bonds is 7. The maximum Gasteiger partial charge on any atom is 0.274 e. The zero-order valence-electron chi connectivity index (χ0n) is 15.6. The van der Waals surface area contributed by atoms with Crippen LogP contribution in [0.2, 0.25) is 0 Å². The molecule has 4 aromatic rings. The van der Waals surface area contributed by atoms with E-state index in [2.05, 4.69) is 25.6 Å². The van der Waals surface area contributed by atoms with Crippen molar-refractivity contribution in [2.45, 2.75) is 24.4 Å². The number of aromatic nitrogens is 5. The fraction of sp³-hybridized carbons (Fsp3) is 0.150. The van der Waals surface area contributed by atoms with Gasteiger partial charge in [-0.05, 0) is 36.6 Å². The Bertz CT molecular complexity index is 1080. The van der Waals surface area contributed by atoms with Crippen LogP contribution in [0.1, 0.15) is 26.6 Å². The number of aryl methyl sites for hydroxylation is 1. The number of benzene rings is 1. The van der Waals surface area contributed by atoms with Crippen molar-refractivity contribution >= 4 is 29.0 Å². The minimum atomic E-state index is -0.249. The maximum atomic E-state index is 12.8. The first kappa shape index (κ1) is 19.3. The van der Waals surface area contributed by atoms with Gasteiger partial charge in [-0.3, -0.25) is 4.79 Å². The van der Waals surface area contributed by atoms with E-state index in [0.717, 1.165) is 16.1 Å². The second-order valence-corrected chi connectivity index (χ2v) is 8.19. The lowest BCUT2D eigenvalue weighted by molar-refractivity contribution is 0.0945. The smallest absolute Gasteiger partial charge is 0.274 e. The fourth-order valence-corrected chi connectivity index (χ4v) is 4.10. The SMILES string of the molecule is Cc1ccc(-n2nnc(C(=O)NCc3cccs3)c2CSc2ncccn2)cc1. The standard InChI is InChI=1S/C20H18N6OS2/c1-14-5-7-15(8-6-14)26-17(13-29-20-21-9-3-10-22-20)18(24-25-26)19(27)23-12-16-4-2-11-28-16/h2-11H,12-13H2,1H3,(H,23,27). The molecule has 3 heterocycles.